The monoisotopic (exact) mass is 323 g/mol. The molecular weight excluding hydrogens is 309 g/mol. The number of benzene rings is 2. The van der Waals surface area contributed by atoms with Crippen molar-refractivity contribution in [1.29, 1.82) is 5.26 Å². The number of imidazole rings is 1. The van der Waals surface area contributed by atoms with Gasteiger partial charge in [-0.05, 0) is 31.2 Å². The normalized spacial score (nSPS) is 10.5. The summed E-state index contributed by atoms with van der Waals surface area (Å²) in [4.78, 5) is 4.43. The molecule has 0 N–H and O–H groups in total. The Hall–Kier alpha value is -2.58. The lowest BCUT2D eigenvalue weighted by molar-refractivity contribution is 0.627. The molecule has 3 aromatic rings. The molecule has 0 aliphatic carbocycles. The summed E-state index contributed by atoms with van der Waals surface area (Å²) >= 11 is 1.36. The van der Waals surface area contributed by atoms with Gasteiger partial charge < -0.3 is 0 Å². The van der Waals surface area contributed by atoms with Crippen molar-refractivity contribution >= 4 is 11.8 Å². The molecule has 5 heteroatoms. The van der Waals surface area contributed by atoms with Crippen LogP contribution < -0.4 is 0 Å². The maximum absolute atomic E-state index is 13.2. The first-order valence-electron chi connectivity index (χ1n) is 7.09. The highest BCUT2D eigenvalue weighted by atomic mass is 32.2. The lowest BCUT2D eigenvalue weighted by atomic mass is 10.1. The van der Waals surface area contributed by atoms with E-state index in [1.807, 2.05) is 35.8 Å². The highest BCUT2D eigenvalue weighted by Gasteiger charge is 2.14. The molecule has 3 nitrogen and oxygen atoms in total. The predicted octanol–water partition coefficient (Wildman–Crippen LogP) is 4.60. The predicted molar refractivity (Wildman–Crippen MR) is 90.0 cm³/mol. The van der Waals surface area contributed by atoms with Crippen LogP contribution in [0.3, 0.4) is 0 Å². The fraction of sp³-hybridized carbons (Fsp3) is 0.111. The number of halogens is 1. The number of rotatable bonds is 4. The van der Waals surface area contributed by atoms with Gasteiger partial charge in [-0.3, -0.25) is 4.57 Å². The average Bonchev–Trinajstić information content (AvgIpc) is 2.98. The first kappa shape index (κ1) is 15.3. The van der Waals surface area contributed by atoms with Gasteiger partial charge in [0.2, 0.25) is 0 Å². The van der Waals surface area contributed by atoms with Gasteiger partial charge in [-0.2, -0.15) is 5.26 Å². The van der Waals surface area contributed by atoms with Crippen LogP contribution in [0.1, 0.15) is 5.56 Å². The van der Waals surface area contributed by atoms with Crippen molar-refractivity contribution in [3.05, 3.63) is 66.1 Å². The summed E-state index contributed by atoms with van der Waals surface area (Å²) in [5.74, 6) is 0.0305. The second-order valence-electron chi connectivity index (χ2n) is 5.05. The number of aryl methyl sites for hydroxylation is 1. The first-order chi connectivity index (χ1) is 11.2. The number of thioether (sulfide) groups is 1. The maximum atomic E-state index is 13.2. The number of nitrogens with zero attached hydrogens (tertiary/aromatic N) is 3. The number of nitriles is 1. The summed E-state index contributed by atoms with van der Waals surface area (Å²) in [7, 11) is 0. The van der Waals surface area contributed by atoms with Crippen LogP contribution in [-0.4, -0.2) is 15.3 Å². The van der Waals surface area contributed by atoms with Gasteiger partial charge in [0.1, 0.15) is 5.82 Å². The molecule has 1 heterocycles. The molecule has 114 valence electrons. The second-order valence-corrected chi connectivity index (χ2v) is 5.99. The van der Waals surface area contributed by atoms with Crippen molar-refractivity contribution in [3.8, 4) is 23.0 Å². The molecular formula is C18H14FN3S. The Bertz CT molecular complexity index is 845. The summed E-state index contributed by atoms with van der Waals surface area (Å²) in [6.45, 7) is 2.04. The molecule has 0 aliphatic heterocycles. The Morgan fingerprint density at radius 1 is 1.13 bits per heavy atom. The topological polar surface area (TPSA) is 41.6 Å². The fourth-order valence-electron chi connectivity index (χ4n) is 2.30. The van der Waals surface area contributed by atoms with Crippen LogP contribution in [-0.2, 0) is 0 Å². The van der Waals surface area contributed by atoms with E-state index < -0.39 is 0 Å². The van der Waals surface area contributed by atoms with E-state index in [-0.39, 0.29) is 5.82 Å². The molecule has 0 radical (unpaired) electrons. The van der Waals surface area contributed by atoms with Crippen molar-refractivity contribution < 1.29 is 4.39 Å². The zero-order chi connectivity index (χ0) is 16.2. The molecule has 2 aromatic carbocycles. The molecule has 0 bridgehead atoms. The smallest absolute Gasteiger partial charge is 0.174 e. The van der Waals surface area contributed by atoms with Crippen LogP contribution in [0.4, 0.5) is 4.39 Å². The van der Waals surface area contributed by atoms with Gasteiger partial charge in [0.25, 0.3) is 0 Å². The van der Waals surface area contributed by atoms with Crippen LogP contribution in [0.5, 0.6) is 0 Å². The van der Waals surface area contributed by atoms with Crippen LogP contribution in [0.25, 0.3) is 16.9 Å². The fourth-order valence-corrected chi connectivity index (χ4v) is 2.95. The standard InChI is InChI=1S/C18H14FN3S/c1-13-2-4-14(5-3-13)17-12-21-18(23-11-10-20)22(17)16-8-6-15(19)7-9-16/h2-9,12H,11H2,1H3. The highest BCUT2D eigenvalue weighted by molar-refractivity contribution is 7.99. The summed E-state index contributed by atoms with van der Waals surface area (Å²) in [6, 6.07) is 16.5. The van der Waals surface area contributed by atoms with Gasteiger partial charge in [0, 0.05) is 11.3 Å². The van der Waals surface area contributed by atoms with Crippen LogP contribution in [0.2, 0.25) is 0 Å². The molecule has 0 amide bonds. The Morgan fingerprint density at radius 2 is 1.83 bits per heavy atom. The van der Waals surface area contributed by atoms with Gasteiger partial charge in [0.15, 0.2) is 5.16 Å². The summed E-state index contributed by atoms with van der Waals surface area (Å²) < 4.78 is 15.2. The third-order valence-corrected chi connectivity index (χ3v) is 4.25. The third kappa shape index (κ3) is 3.27. The maximum Gasteiger partial charge on any atom is 0.174 e. The Balaban J connectivity index is 2.12. The lowest BCUT2D eigenvalue weighted by Gasteiger charge is -2.11. The quantitative estimate of drug-likeness (QED) is 0.659. The van der Waals surface area contributed by atoms with Crippen molar-refractivity contribution in [2.75, 3.05) is 5.75 Å². The number of hydrogen-bond donors (Lipinski definition) is 0. The minimum absolute atomic E-state index is 0.281. The van der Waals surface area contributed by atoms with Gasteiger partial charge in [-0.15, -0.1) is 0 Å². The van der Waals surface area contributed by atoms with E-state index in [4.69, 9.17) is 5.26 Å². The zero-order valence-corrected chi connectivity index (χ0v) is 13.3. The molecule has 1 aromatic heterocycles. The molecule has 0 saturated heterocycles. The average molecular weight is 323 g/mol. The second kappa shape index (κ2) is 6.67. The van der Waals surface area contributed by atoms with E-state index in [9.17, 15) is 4.39 Å². The van der Waals surface area contributed by atoms with Crippen molar-refractivity contribution in [1.82, 2.24) is 9.55 Å². The molecule has 0 unspecified atom stereocenters. The molecule has 23 heavy (non-hydrogen) atoms. The SMILES string of the molecule is Cc1ccc(-c2cnc(SCC#N)n2-c2ccc(F)cc2)cc1. The van der Waals surface area contributed by atoms with E-state index in [0.717, 1.165) is 16.9 Å². The van der Waals surface area contributed by atoms with E-state index in [1.54, 1.807) is 18.3 Å². The van der Waals surface area contributed by atoms with Crippen molar-refractivity contribution in [2.24, 2.45) is 0 Å². The Morgan fingerprint density at radius 3 is 2.48 bits per heavy atom. The largest absolute Gasteiger partial charge is 0.287 e. The Labute approximate surface area is 138 Å². The van der Waals surface area contributed by atoms with Gasteiger partial charge in [-0.25, -0.2) is 9.37 Å². The molecule has 0 saturated carbocycles. The molecule has 0 spiro atoms. The third-order valence-electron chi connectivity index (χ3n) is 3.43. The van der Waals surface area contributed by atoms with E-state index in [2.05, 4.69) is 11.1 Å². The Kier molecular flexibility index (Phi) is 4.45. The molecule has 3 rings (SSSR count). The van der Waals surface area contributed by atoms with Crippen LogP contribution >= 0.6 is 11.8 Å². The van der Waals surface area contributed by atoms with Crippen molar-refractivity contribution in [3.63, 3.8) is 0 Å². The molecule has 0 fully saturated rings. The van der Waals surface area contributed by atoms with Gasteiger partial charge in [-0.1, -0.05) is 41.6 Å². The lowest BCUT2D eigenvalue weighted by Crippen LogP contribution is -1.99. The first-order valence-corrected chi connectivity index (χ1v) is 8.08. The highest BCUT2D eigenvalue weighted by Crippen LogP contribution is 2.30. The summed E-state index contributed by atoms with van der Waals surface area (Å²) in [6.07, 6.45) is 1.79. The number of aromatic nitrogens is 2. The van der Waals surface area contributed by atoms with Crippen LogP contribution in [0, 0.1) is 24.1 Å². The van der Waals surface area contributed by atoms with E-state index in [1.165, 1.54) is 29.5 Å². The molecule has 0 aliphatic rings. The van der Waals surface area contributed by atoms with E-state index in [0.29, 0.717) is 10.9 Å². The minimum atomic E-state index is -0.281. The zero-order valence-electron chi connectivity index (χ0n) is 12.5. The molecule has 0 atom stereocenters. The van der Waals surface area contributed by atoms with Gasteiger partial charge in [0.05, 0.1) is 23.7 Å². The van der Waals surface area contributed by atoms with E-state index >= 15 is 0 Å². The minimum Gasteiger partial charge on any atom is -0.287 e. The van der Waals surface area contributed by atoms with Crippen LogP contribution in [0.15, 0.2) is 59.9 Å². The summed E-state index contributed by atoms with van der Waals surface area (Å²) in [5, 5.41) is 9.54. The summed E-state index contributed by atoms with van der Waals surface area (Å²) in [5.41, 5.74) is 3.94. The van der Waals surface area contributed by atoms with Crippen molar-refractivity contribution in [2.45, 2.75) is 12.1 Å². The number of hydrogen-bond acceptors (Lipinski definition) is 3. The van der Waals surface area contributed by atoms with Gasteiger partial charge >= 0.3 is 0 Å².